The highest BCUT2D eigenvalue weighted by Crippen LogP contribution is 2.42. The van der Waals surface area contributed by atoms with Crippen molar-refractivity contribution in [3.05, 3.63) is 92.8 Å². The van der Waals surface area contributed by atoms with E-state index in [1.807, 2.05) is 6.07 Å². The summed E-state index contributed by atoms with van der Waals surface area (Å²) in [6, 6.07) is 11.2. The summed E-state index contributed by atoms with van der Waals surface area (Å²) in [5, 5.41) is 8.98. The summed E-state index contributed by atoms with van der Waals surface area (Å²) in [6.07, 6.45) is 1.64. The van der Waals surface area contributed by atoms with E-state index in [1.54, 1.807) is 42.5 Å². The van der Waals surface area contributed by atoms with Gasteiger partial charge in [0.2, 0.25) is 10.9 Å². The maximum Gasteiger partial charge on any atom is 0.297 e. The van der Waals surface area contributed by atoms with E-state index in [1.165, 1.54) is 21.7 Å². The number of fused-ring (bicyclic) bond motifs is 2. The van der Waals surface area contributed by atoms with Crippen LogP contribution in [0.25, 0.3) is 11.0 Å². The number of carbonyl (C=O) groups is 1. The fourth-order valence-electron chi connectivity index (χ4n) is 3.66. The van der Waals surface area contributed by atoms with E-state index in [2.05, 4.69) is 16.8 Å². The van der Waals surface area contributed by atoms with Gasteiger partial charge in [0.25, 0.3) is 5.91 Å². The van der Waals surface area contributed by atoms with Crippen molar-refractivity contribution in [2.75, 3.05) is 11.5 Å². The Labute approximate surface area is 185 Å². The lowest BCUT2D eigenvalue weighted by Gasteiger charge is -2.22. The molecule has 5 rings (SSSR count). The molecule has 0 spiro atoms. The van der Waals surface area contributed by atoms with Gasteiger partial charge in [0, 0.05) is 5.02 Å². The number of ether oxygens (including phenoxy) is 1. The van der Waals surface area contributed by atoms with Crippen LogP contribution in [0, 0.1) is 0 Å². The second-order valence-electron chi connectivity index (χ2n) is 6.79. The van der Waals surface area contributed by atoms with Crippen molar-refractivity contribution in [2.24, 2.45) is 0 Å². The number of nitrogens with zero attached hydrogens (tertiary/aromatic N) is 3. The number of benzene rings is 2. The zero-order valence-corrected chi connectivity index (χ0v) is 17.5. The van der Waals surface area contributed by atoms with Crippen molar-refractivity contribution in [1.29, 1.82) is 0 Å². The van der Waals surface area contributed by atoms with Crippen LogP contribution in [0.5, 0.6) is 5.75 Å². The number of rotatable bonds is 5. The van der Waals surface area contributed by atoms with Gasteiger partial charge in [-0.3, -0.25) is 14.5 Å². The topological polar surface area (TPSA) is 85.5 Å². The summed E-state index contributed by atoms with van der Waals surface area (Å²) in [4.78, 5) is 28.3. The Morgan fingerprint density at radius 3 is 2.90 bits per heavy atom. The molecule has 9 heteroatoms. The van der Waals surface area contributed by atoms with Crippen LogP contribution in [0.15, 0.2) is 69.8 Å². The van der Waals surface area contributed by atoms with Gasteiger partial charge in [0.05, 0.1) is 17.0 Å². The van der Waals surface area contributed by atoms with E-state index in [4.69, 9.17) is 20.8 Å². The molecule has 1 atom stereocenters. The molecule has 7 nitrogen and oxygen atoms in total. The maximum absolute atomic E-state index is 13.5. The third-order valence-electron chi connectivity index (χ3n) is 4.93. The molecule has 0 N–H and O–H groups in total. The number of aromatic nitrogens is 2. The standard InChI is InChI=1S/C22H14ClN3O4S/c1-2-8-29-14-5-3-4-12(9-14)18-17-19(27)15-10-13(23)6-7-16(15)30-20(17)21(28)26(18)22-25-24-11-31-22/h2-7,9-11,18H,1,8H2/t18-/m0/s1. The second-order valence-corrected chi connectivity index (χ2v) is 8.03. The summed E-state index contributed by atoms with van der Waals surface area (Å²) in [7, 11) is 0. The van der Waals surface area contributed by atoms with Gasteiger partial charge in [0.15, 0.2) is 5.43 Å². The predicted molar refractivity (Wildman–Crippen MR) is 118 cm³/mol. The maximum atomic E-state index is 13.5. The first-order chi connectivity index (χ1) is 15.1. The third kappa shape index (κ3) is 3.20. The number of carbonyl (C=O) groups excluding carboxylic acids is 1. The molecule has 1 aliphatic heterocycles. The minimum absolute atomic E-state index is 0.0163. The van der Waals surface area contributed by atoms with Crippen LogP contribution in [0.3, 0.4) is 0 Å². The molecule has 0 bridgehead atoms. The van der Waals surface area contributed by atoms with Gasteiger partial charge in [-0.1, -0.05) is 47.7 Å². The molecule has 0 unspecified atom stereocenters. The van der Waals surface area contributed by atoms with E-state index >= 15 is 0 Å². The second kappa shape index (κ2) is 7.64. The molecule has 3 heterocycles. The van der Waals surface area contributed by atoms with Crippen molar-refractivity contribution >= 4 is 44.9 Å². The molecular weight excluding hydrogens is 438 g/mol. The average molecular weight is 452 g/mol. The molecule has 31 heavy (non-hydrogen) atoms. The van der Waals surface area contributed by atoms with Crippen LogP contribution >= 0.6 is 22.9 Å². The molecule has 2 aromatic carbocycles. The average Bonchev–Trinajstić information content (AvgIpc) is 3.40. The molecule has 0 saturated heterocycles. The van der Waals surface area contributed by atoms with Crippen molar-refractivity contribution in [2.45, 2.75) is 6.04 Å². The summed E-state index contributed by atoms with van der Waals surface area (Å²) >= 11 is 7.30. The van der Waals surface area contributed by atoms with Gasteiger partial charge in [-0.15, -0.1) is 10.2 Å². The highest BCUT2D eigenvalue weighted by Gasteiger charge is 2.45. The van der Waals surface area contributed by atoms with Gasteiger partial charge < -0.3 is 9.15 Å². The van der Waals surface area contributed by atoms with Gasteiger partial charge in [0.1, 0.15) is 23.4 Å². The first-order valence-corrected chi connectivity index (χ1v) is 10.5. The molecule has 0 fully saturated rings. The number of anilines is 1. The monoisotopic (exact) mass is 451 g/mol. The molecule has 0 radical (unpaired) electrons. The van der Waals surface area contributed by atoms with Crippen molar-refractivity contribution in [3.63, 3.8) is 0 Å². The smallest absolute Gasteiger partial charge is 0.297 e. The van der Waals surface area contributed by atoms with Gasteiger partial charge in [-0.2, -0.15) is 0 Å². The molecule has 4 aromatic rings. The van der Waals surface area contributed by atoms with Gasteiger partial charge in [-0.25, -0.2) is 0 Å². The lowest BCUT2D eigenvalue weighted by molar-refractivity contribution is 0.0970. The van der Waals surface area contributed by atoms with Crippen LogP contribution in [-0.2, 0) is 0 Å². The summed E-state index contributed by atoms with van der Waals surface area (Å²) in [5.41, 5.74) is 2.41. The first kappa shape index (κ1) is 19.5. The minimum Gasteiger partial charge on any atom is -0.490 e. The highest BCUT2D eigenvalue weighted by molar-refractivity contribution is 7.13. The highest BCUT2D eigenvalue weighted by atomic mass is 35.5. The number of hydrogen-bond acceptors (Lipinski definition) is 7. The van der Waals surface area contributed by atoms with Crippen LogP contribution in [0.2, 0.25) is 5.02 Å². The Kier molecular flexibility index (Phi) is 4.80. The van der Waals surface area contributed by atoms with E-state index in [0.29, 0.717) is 39.0 Å². The summed E-state index contributed by atoms with van der Waals surface area (Å²) < 4.78 is 11.5. The van der Waals surface area contributed by atoms with Crippen molar-refractivity contribution < 1.29 is 13.9 Å². The molecule has 154 valence electrons. The molecular formula is C22H14ClN3O4S. The molecule has 1 amide bonds. The largest absolute Gasteiger partial charge is 0.490 e. The van der Waals surface area contributed by atoms with Crippen LogP contribution < -0.4 is 15.1 Å². The Morgan fingerprint density at radius 1 is 1.26 bits per heavy atom. The fraction of sp³-hybridized carbons (Fsp3) is 0.0909. The van der Waals surface area contributed by atoms with Crippen LogP contribution in [0.1, 0.15) is 27.7 Å². The Bertz CT molecular complexity index is 1380. The third-order valence-corrected chi connectivity index (χ3v) is 5.85. The molecule has 0 aliphatic carbocycles. The number of hydrogen-bond donors (Lipinski definition) is 0. The van der Waals surface area contributed by atoms with Crippen molar-refractivity contribution in [3.8, 4) is 5.75 Å². The van der Waals surface area contributed by atoms with Gasteiger partial charge >= 0.3 is 0 Å². The minimum atomic E-state index is -0.748. The van der Waals surface area contributed by atoms with Gasteiger partial charge in [-0.05, 0) is 35.9 Å². The van der Waals surface area contributed by atoms with Crippen molar-refractivity contribution in [1.82, 2.24) is 10.2 Å². The molecule has 0 saturated carbocycles. The van der Waals surface area contributed by atoms with E-state index in [9.17, 15) is 9.59 Å². The number of halogens is 1. The Hall–Kier alpha value is -3.49. The Balaban J connectivity index is 1.76. The predicted octanol–water partition coefficient (Wildman–Crippen LogP) is 4.61. The lowest BCUT2D eigenvalue weighted by atomic mass is 9.98. The summed E-state index contributed by atoms with van der Waals surface area (Å²) in [5.74, 6) is 0.115. The Morgan fingerprint density at radius 2 is 2.13 bits per heavy atom. The lowest BCUT2D eigenvalue weighted by Crippen LogP contribution is -2.29. The first-order valence-electron chi connectivity index (χ1n) is 9.28. The van der Waals surface area contributed by atoms with Crippen LogP contribution in [0.4, 0.5) is 5.13 Å². The van der Waals surface area contributed by atoms with E-state index < -0.39 is 11.9 Å². The van der Waals surface area contributed by atoms with E-state index in [0.717, 1.165) is 0 Å². The number of amides is 1. The van der Waals surface area contributed by atoms with E-state index in [-0.39, 0.29) is 16.8 Å². The quantitative estimate of drug-likeness (QED) is 0.412. The SMILES string of the molecule is C=CCOc1cccc([C@H]2c3c(oc4ccc(Cl)cc4c3=O)C(=O)N2c2nncs2)c1. The zero-order chi connectivity index (χ0) is 21.5. The fourth-order valence-corrected chi connectivity index (χ4v) is 4.42. The molecule has 2 aromatic heterocycles. The normalized spacial score (nSPS) is 15.3. The zero-order valence-electron chi connectivity index (χ0n) is 15.9. The van der Waals surface area contributed by atoms with Crippen LogP contribution in [-0.4, -0.2) is 22.7 Å². The molecule has 1 aliphatic rings. The summed E-state index contributed by atoms with van der Waals surface area (Å²) in [6.45, 7) is 3.98.